The highest BCUT2D eigenvalue weighted by Gasteiger charge is 2.20. The number of carboxylic acids is 1. The lowest BCUT2D eigenvalue weighted by Gasteiger charge is -2.09. The molecule has 0 aliphatic carbocycles. The Morgan fingerprint density at radius 2 is 1.76 bits per heavy atom. The number of nitrogens with one attached hydrogen (secondary N) is 1. The molecular formula is C16H10ClNO3. The number of aromatic amines is 1. The molecule has 21 heavy (non-hydrogen) atoms. The summed E-state index contributed by atoms with van der Waals surface area (Å²) in [5.74, 6) is -1.28. The van der Waals surface area contributed by atoms with Gasteiger partial charge in [0.1, 0.15) is 5.56 Å². The normalized spacial score (nSPS) is 10.7. The number of pyridine rings is 1. The van der Waals surface area contributed by atoms with E-state index in [1.54, 1.807) is 42.5 Å². The maximum Gasteiger partial charge on any atom is 0.341 e. The van der Waals surface area contributed by atoms with Gasteiger partial charge in [0.2, 0.25) is 5.43 Å². The average molecular weight is 300 g/mol. The van der Waals surface area contributed by atoms with Crippen molar-refractivity contribution in [2.45, 2.75) is 0 Å². The van der Waals surface area contributed by atoms with Crippen LogP contribution in [0.25, 0.3) is 22.2 Å². The standard InChI is InChI=1S/C16H10ClNO3/c17-10-7-4-8-11-12(10)15(19)13(16(20)21)14(18-11)9-5-2-1-3-6-9/h1-8H,(H,18,19)(H,20,21). The molecule has 0 amide bonds. The van der Waals surface area contributed by atoms with Crippen LogP contribution in [0.5, 0.6) is 0 Å². The number of carbonyl (C=O) groups is 1. The van der Waals surface area contributed by atoms with Gasteiger partial charge in [-0.15, -0.1) is 0 Å². The highest BCUT2D eigenvalue weighted by atomic mass is 35.5. The molecule has 3 aromatic rings. The Labute approximate surface area is 124 Å². The zero-order valence-electron chi connectivity index (χ0n) is 10.8. The molecule has 0 fully saturated rings. The molecule has 0 bridgehead atoms. The SMILES string of the molecule is O=C(O)c1c(-c2ccccc2)[nH]c2cccc(Cl)c2c1=O. The summed E-state index contributed by atoms with van der Waals surface area (Å²) in [4.78, 5) is 27.0. The number of hydrogen-bond acceptors (Lipinski definition) is 2. The molecule has 0 aliphatic rings. The first kappa shape index (κ1) is 13.4. The molecule has 4 nitrogen and oxygen atoms in total. The van der Waals surface area contributed by atoms with Gasteiger partial charge in [-0.1, -0.05) is 48.0 Å². The minimum absolute atomic E-state index is 0.191. The quantitative estimate of drug-likeness (QED) is 0.760. The maximum atomic E-state index is 12.5. The molecule has 0 atom stereocenters. The summed E-state index contributed by atoms with van der Waals surface area (Å²) in [5, 5.41) is 9.82. The summed E-state index contributed by atoms with van der Waals surface area (Å²) < 4.78 is 0. The molecule has 0 saturated carbocycles. The number of H-pyrrole nitrogens is 1. The second-order valence-corrected chi connectivity index (χ2v) is 4.94. The van der Waals surface area contributed by atoms with Crippen LogP contribution in [0.2, 0.25) is 5.02 Å². The van der Waals surface area contributed by atoms with Crippen LogP contribution in [0.1, 0.15) is 10.4 Å². The van der Waals surface area contributed by atoms with Crippen molar-refractivity contribution in [1.82, 2.24) is 4.98 Å². The molecule has 0 aliphatic heterocycles. The highest BCUT2D eigenvalue weighted by Crippen LogP contribution is 2.25. The number of hydrogen-bond donors (Lipinski definition) is 2. The van der Waals surface area contributed by atoms with Gasteiger partial charge in [0, 0.05) is 0 Å². The fraction of sp³-hybridized carbons (Fsp3) is 0. The zero-order chi connectivity index (χ0) is 15.0. The molecule has 0 spiro atoms. The average Bonchev–Trinajstić information content (AvgIpc) is 2.47. The Morgan fingerprint density at radius 3 is 2.43 bits per heavy atom. The Morgan fingerprint density at radius 1 is 1.05 bits per heavy atom. The highest BCUT2D eigenvalue weighted by molar-refractivity contribution is 6.35. The number of aromatic carboxylic acids is 1. The largest absolute Gasteiger partial charge is 0.477 e. The van der Waals surface area contributed by atoms with E-state index in [4.69, 9.17) is 11.6 Å². The topological polar surface area (TPSA) is 70.2 Å². The van der Waals surface area contributed by atoms with E-state index in [2.05, 4.69) is 4.98 Å². The van der Waals surface area contributed by atoms with Crippen LogP contribution < -0.4 is 5.43 Å². The lowest BCUT2D eigenvalue weighted by molar-refractivity contribution is 0.0696. The van der Waals surface area contributed by atoms with Crippen molar-refractivity contribution in [2.24, 2.45) is 0 Å². The zero-order valence-corrected chi connectivity index (χ0v) is 11.5. The third-order valence-corrected chi connectivity index (χ3v) is 3.57. The van der Waals surface area contributed by atoms with Gasteiger partial charge in [-0.05, 0) is 17.7 Å². The van der Waals surface area contributed by atoms with Gasteiger partial charge in [-0.3, -0.25) is 4.79 Å². The van der Waals surface area contributed by atoms with E-state index in [1.165, 1.54) is 0 Å². The number of fused-ring (bicyclic) bond motifs is 1. The number of aromatic nitrogens is 1. The van der Waals surface area contributed by atoms with Gasteiger partial charge in [-0.2, -0.15) is 0 Å². The summed E-state index contributed by atoms with van der Waals surface area (Å²) in [6.45, 7) is 0. The minimum Gasteiger partial charge on any atom is -0.477 e. The number of carboxylic acid groups (broad SMARTS) is 1. The first-order valence-corrected chi connectivity index (χ1v) is 6.60. The Bertz CT molecular complexity index is 901. The van der Waals surface area contributed by atoms with Crippen LogP contribution in [-0.2, 0) is 0 Å². The van der Waals surface area contributed by atoms with Crippen LogP contribution in [-0.4, -0.2) is 16.1 Å². The van der Waals surface area contributed by atoms with Gasteiger partial charge in [-0.25, -0.2) is 4.79 Å². The van der Waals surface area contributed by atoms with Crippen LogP contribution in [0.4, 0.5) is 0 Å². The van der Waals surface area contributed by atoms with E-state index in [1.807, 2.05) is 6.07 Å². The first-order valence-electron chi connectivity index (χ1n) is 6.23. The molecule has 3 rings (SSSR count). The Balaban J connectivity index is 2.48. The van der Waals surface area contributed by atoms with Gasteiger partial charge < -0.3 is 10.1 Å². The van der Waals surface area contributed by atoms with E-state index in [0.29, 0.717) is 11.1 Å². The summed E-state index contributed by atoms with van der Waals surface area (Å²) in [6.07, 6.45) is 0. The van der Waals surface area contributed by atoms with Gasteiger partial charge in [0.15, 0.2) is 0 Å². The smallest absolute Gasteiger partial charge is 0.341 e. The third-order valence-electron chi connectivity index (χ3n) is 3.25. The molecule has 1 aromatic heterocycles. The fourth-order valence-electron chi connectivity index (χ4n) is 2.32. The van der Waals surface area contributed by atoms with Crippen molar-refractivity contribution in [3.8, 4) is 11.3 Å². The van der Waals surface area contributed by atoms with E-state index in [0.717, 1.165) is 0 Å². The molecular weight excluding hydrogens is 290 g/mol. The van der Waals surface area contributed by atoms with E-state index < -0.39 is 11.4 Å². The molecule has 1 heterocycles. The van der Waals surface area contributed by atoms with Crippen LogP contribution >= 0.6 is 11.6 Å². The van der Waals surface area contributed by atoms with Gasteiger partial charge in [0.05, 0.1) is 21.6 Å². The number of rotatable bonds is 2. The van der Waals surface area contributed by atoms with E-state index in [-0.39, 0.29) is 21.7 Å². The van der Waals surface area contributed by atoms with Crippen molar-refractivity contribution in [3.63, 3.8) is 0 Å². The monoisotopic (exact) mass is 299 g/mol. The maximum absolute atomic E-state index is 12.5. The number of benzene rings is 2. The van der Waals surface area contributed by atoms with E-state index >= 15 is 0 Å². The molecule has 0 saturated heterocycles. The molecule has 0 unspecified atom stereocenters. The van der Waals surface area contributed by atoms with Crippen LogP contribution in [0.15, 0.2) is 53.3 Å². The second kappa shape index (κ2) is 5.07. The predicted octanol–water partition coefficient (Wildman–Crippen LogP) is 3.55. The summed E-state index contributed by atoms with van der Waals surface area (Å²) in [6, 6.07) is 13.8. The van der Waals surface area contributed by atoms with Gasteiger partial charge >= 0.3 is 5.97 Å². The van der Waals surface area contributed by atoms with Crippen LogP contribution in [0, 0.1) is 0 Å². The van der Waals surface area contributed by atoms with Crippen molar-refractivity contribution >= 4 is 28.5 Å². The summed E-state index contributed by atoms with van der Waals surface area (Å²) >= 11 is 6.02. The van der Waals surface area contributed by atoms with Gasteiger partial charge in [0.25, 0.3) is 0 Å². The van der Waals surface area contributed by atoms with Crippen molar-refractivity contribution in [1.29, 1.82) is 0 Å². The Kier molecular flexibility index (Phi) is 3.23. The summed E-state index contributed by atoms with van der Waals surface area (Å²) in [7, 11) is 0. The van der Waals surface area contributed by atoms with Crippen molar-refractivity contribution in [3.05, 3.63) is 69.3 Å². The third kappa shape index (κ3) is 2.19. The predicted molar refractivity (Wildman–Crippen MR) is 82.0 cm³/mol. The molecule has 104 valence electrons. The molecule has 0 radical (unpaired) electrons. The lowest BCUT2D eigenvalue weighted by Crippen LogP contribution is -2.18. The molecule has 5 heteroatoms. The van der Waals surface area contributed by atoms with Crippen LogP contribution in [0.3, 0.4) is 0 Å². The van der Waals surface area contributed by atoms with E-state index in [9.17, 15) is 14.7 Å². The van der Waals surface area contributed by atoms with Crippen molar-refractivity contribution < 1.29 is 9.90 Å². The second-order valence-electron chi connectivity index (χ2n) is 4.54. The number of halogens is 1. The molecule has 2 aromatic carbocycles. The lowest BCUT2D eigenvalue weighted by atomic mass is 10.0. The molecule has 2 N–H and O–H groups in total. The fourth-order valence-corrected chi connectivity index (χ4v) is 2.58. The first-order chi connectivity index (χ1) is 10.1. The summed E-state index contributed by atoms with van der Waals surface area (Å²) in [5.41, 5.74) is 0.538. The Hall–Kier alpha value is -2.59. The van der Waals surface area contributed by atoms with Crippen molar-refractivity contribution in [2.75, 3.05) is 0 Å². The minimum atomic E-state index is -1.28.